The lowest BCUT2D eigenvalue weighted by Crippen LogP contribution is -2.37. The van der Waals surface area contributed by atoms with E-state index < -0.39 is 38.3 Å². The molecular formula is C41H29AlF6N2O3. The Morgan fingerprint density at radius 3 is 1.38 bits per heavy atom. The zero-order chi connectivity index (χ0) is 37.3. The van der Waals surface area contributed by atoms with Crippen LogP contribution in [0.1, 0.15) is 22.5 Å². The van der Waals surface area contributed by atoms with Crippen molar-refractivity contribution < 1.29 is 38.7 Å². The zero-order valence-electron chi connectivity index (χ0n) is 28.3. The summed E-state index contributed by atoms with van der Waals surface area (Å²) >= 11 is -3.52. The molecule has 7 aromatic rings. The van der Waals surface area contributed by atoms with Crippen molar-refractivity contribution >= 4 is 36.6 Å². The van der Waals surface area contributed by atoms with Crippen LogP contribution in [-0.4, -0.2) is 30.3 Å². The van der Waals surface area contributed by atoms with E-state index in [0.717, 1.165) is 35.4 Å². The molecule has 0 aliphatic heterocycles. The first kappa shape index (κ1) is 35.8. The summed E-state index contributed by atoms with van der Waals surface area (Å²) in [6.07, 6.45) is -9.47. The standard InChI is InChI=1S/C19H15O.2C11H8F3NO.Al/c1-20-19-17(15-9-4-2-5-10-15)13-8-14-18(19)16-11-6-3-7-12-16;2*1-6-2-3-7-4-8(11(12,13)14)5-9(16)10(7)15-6;/h2-14H,1H2;2*2-5,16H,1H3;/q;;;+2/p-2. The van der Waals surface area contributed by atoms with Gasteiger partial charge in [0.1, 0.15) is 33.8 Å². The highest BCUT2D eigenvalue weighted by Crippen LogP contribution is 2.41. The second kappa shape index (κ2) is 14.5. The van der Waals surface area contributed by atoms with Gasteiger partial charge in [-0.25, -0.2) is 9.97 Å². The van der Waals surface area contributed by atoms with Crippen molar-refractivity contribution in [2.75, 3.05) is 5.47 Å². The van der Waals surface area contributed by atoms with E-state index in [9.17, 15) is 26.3 Å². The Morgan fingerprint density at radius 1 is 0.528 bits per heavy atom. The molecular weight excluding hydrogens is 709 g/mol. The van der Waals surface area contributed by atoms with Gasteiger partial charge in [0.15, 0.2) is 0 Å². The van der Waals surface area contributed by atoms with Crippen molar-refractivity contribution in [1.29, 1.82) is 0 Å². The number of benzene rings is 5. The zero-order valence-corrected chi connectivity index (χ0v) is 29.5. The van der Waals surface area contributed by atoms with Crippen LogP contribution in [0.4, 0.5) is 26.3 Å². The number of halogens is 6. The predicted molar refractivity (Wildman–Crippen MR) is 193 cm³/mol. The molecule has 0 N–H and O–H groups in total. The third kappa shape index (κ3) is 7.94. The Labute approximate surface area is 305 Å². The highest BCUT2D eigenvalue weighted by molar-refractivity contribution is 6.46. The van der Waals surface area contributed by atoms with Gasteiger partial charge in [0.2, 0.25) is 0 Å². The number of fused-ring (bicyclic) bond motifs is 2. The summed E-state index contributed by atoms with van der Waals surface area (Å²) in [6, 6.07) is 34.3. The summed E-state index contributed by atoms with van der Waals surface area (Å²) in [6.45, 7) is 3.37. The minimum atomic E-state index is -4.73. The minimum absolute atomic E-state index is 0.136. The monoisotopic (exact) mass is 738 g/mol. The average Bonchev–Trinajstić information content (AvgIpc) is 3.13. The molecule has 0 radical (unpaired) electrons. The summed E-state index contributed by atoms with van der Waals surface area (Å²) in [4.78, 5) is 8.93. The van der Waals surface area contributed by atoms with E-state index in [1.54, 1.807) is 26.0 Å². The summed E-state index contributed by atoms with van der Waals surface area (Å²) in [5.74, 6) is -0.0435. The van der Waals surface area contributed by atoms with Crippen LogP contribution >= 0.6 is 0 Å². The summed E-state index contributed by atoms with van der Waals surface area (Å²) in [5, 5.41) is 0.327. The third-order valence-electron chi connectivity index (χ3n) is 8.51. The van der Waals surface area contributed by atoms with Crippen LogP contribution in [-0.2, 0) is 12.4 Å². The van der Waals surface area contributed by atoms with E-state index in [1.807, 2.05) is 78.9 Å². The first-order valence-corrected chi connectivity index (χ1v) is 18.3. The minimum Gasteiger partial charge on any atom is -0.609 e. The molecule has 2 aromatic heterocycles. The van der Waals surface area contributed by atoms with Crippen LogP contribution < -0.4 is 12.3 Å². The maximum Gasteiger partial charge on any atom is 0.899 e. The smallest absolute Gasteiger partial charge is 0.609 e. The van der Waals surface area contributed by atoms with Crippen molar-refractivity contribution in [3.8, 4) is 39.5 Å². The second-order valence-corrected chi connectivity index (χ2v) is 14.0. The molecule has 0 aliphatic rings. The van der Waals surface area contributed by atoms with Crippen LogP contribution in [0.5, 0.6) is 17.2 Å². The molecule has 0 unspecified atom stereocenters. The van der Waals surface area contributed by atoms with Gasteiger partial charge < -0.3 is 12.3 Å². The van der Waals surface area contributed by atoms with E-state index in [0.29, 0.717) is 28.3 Å². The molecule has 7 rings (SSSR count). The van der Waals surface area contributed by atoms with Gasteiger partial charge in [0, 0.05) is 33.3 Å². The molecule has 0 fully saturated rings. The Kier molecular flexibility index (Phi) is 9.77. The number of alkyl halides is 6. The van der Waals surface area contributed by atoms with E-state index in [1.165, 1.54) is 12.1 Å². The fourth-order valence-electron chi connectivity index (χ4n) is 6.02. The Balaban J connectivity index is 1.38. The van der Waals surface area contributed by atoms with Gasteiger partial charge in [-0.15, -0.1) is 0 Å². The molecule has 2 heterocycles. The highest BCUT2D eigenvalue weighted by atomic mass is 27.2. The molecule has 5 nitrogen and oxygen atoms in total. The van der Waals surface area contributed by atoms with E-state index in [4.69, 9.17) is 12.3 Å². The lowest BCUT2D eigenvalue weighted by Gasteiger charge is -2.22. The maximum absolute atomic E-state index is 14.2. The molecule has 0 aliphatic carbocycles. The number of hydrogen-bond donors (Lipinski definition) is 0. The van der Waals surface area contributed by atoms with Crippen molar-refractivity contribution in [3.05, 3.63) is 150 Å². The van der Waals surface area contributed by atoms with Gasteiger partial charge in [-0.2, -0.15) is 26.3 Å². The van der Waals surface area contributed by atoms with Gasteiger partial charge >= 0.3 is 27.2 Å². The lowest BCUT2D eigenvalue weighted by molar-refractivity contribution is -0.138. The molecule has 266 valence electrons. The van der Waals surface area contributed by atoms with Gasteiger partial charge in [-0.05, 0) is 61.4 Å². The molecule has 53 heavy (non-hydrogen) atoms. The van der Waals surface area contributed by atoms with Crippen molar-refractivity contribution in [2.24, 2.45) is 0 Å². The molecule has 0 bridgehead atoms. The maximum atomic E-state index is 14.2. The molecule has 0 saturated carbocycles. The SMILES string of the molecule is Cc1ccc2cc(C(F)(F)F)cc([O][Al]([CH2]Oc3c(-c4ccccc4)cccc3-c3ccccc3)[O]c3cc(C(F)(F)F)cc4ccc(C)nc34)c2n1. The first-order chi connectivity index (χ1) is 25.3. The number of rotatable bonds is 9. The largest absolute Gasteiger partial charge is 0.899 e. The number of nitrogens with zero attached hydrogens (tertiary/aromatic N) is 2. The van der Waals surface area contributed by atoms with Gasteiger partial charge in [0.05, 0.1) is 11.1 Å². The number of ether oxygens (including phenoxy) is 1. The third-order valence-corrected chi connectivity index (χ3v) is 9.99. The second-order valence-electron chi connectivity index (χ2n) is 12.4. The van der Waals surface area contributed by atoms with Gasteiger partial charge in [-0.3, -0.25) is 0 Å². The van der Waals surface area contributed by atoms with Gasteiger partial charge in [0.25, 0.3) is 0 Å². The molecule has 0 amide bonds. The average molecular weight is 739 g/mol. The fourth-order valence-corrected chi connectivity index (χ4v) is 7.43. The summed E-state index contributed by atoms with van der Waals surface area (Å²) < 4.78 is 104. The Bertz CT molecular complexity index is 2260. The van der Waals surface area contributed by atoms with Crippen LogP contribution in [0, 0.1) is 13.8 Å². The van der Waals surface area contributed by atoms with Crippen LogP contribution in [0.2, 0.25) is 0 Å². The predicted octanol–water partition coefficient (Wildman–Crippen LogP) is 11.3. The summed E-state index contributed by atoms with van der Waals surface area (Å²) in [5.41, 5.74) is 2.08. The number of para-hydroxylation sites is 1. The molecule has 0 atom stereocenters. The first-order valence-electron chi connectivity index (χ1n) is 16.5. The van der Waals surface area contributed by atoms with Crippen LogP contribution in [0.3, 0.4) is 0 Å². The van der Waals surface area contributed by atoms with E-state index in [2.05, 4.69) is 9.97 Å². The van der Waals surface area contributed by atoms with Gasteiger partial charge in [-0.1, -0.05) is 91.0 Å². The molecule has 0 saturated heterocycles. The highest BCUT2D eigenvalue weighted by Gasteiger charge is 2.40. The summed E-state index contributed by atoms with van der Waals surface area (Å²) in [7, 11) is 0. The topological polar surface area (TPSA) is 53.5 Å². The number of aromatic nitrogens is 2. The van der Waals surface area contributed by atoms with Crippen LogP contribution in [0.15, 0.2) is 127 Å². The molecule has 5 aromatic carbocycles. The van der Waals surface area contributed by atoms with Crippen molar-refractivity contribution in [2.45, 2.75) is 26.2 Å². The fraction of sp³-hybridized carbons (Fsp3) is 0.122. The number of hydrogen-bond acceptors (Lipinski definition) is 5. The Hall–Kier alpha value is -5.57. The van der Waals surface area contributed by atoms with Crippen molar-refractivity contribution in [3.63, 3.8) is 0 Å². The lowest BCUT2D eigenvalue weighted by atomic mass is 9.97. The van der Waals surface area contributed by atoms with E-state index in [-0.39, 0.29) is 38.8 Å². The Morgan fingerprint density at radius 2 is 0.962 bits per heavy atom. The number of pyridine rings is 2. The molecule has 12 heteroatoms. The van der Waals surface area contributed by atoms with Crippen LogP contribution in [0.25, 0.3) is 44.1 Å². The normalized spacial score (nSPS) is 11.8. The number of aryl methyl sites for hydroxylation is 2. The van der Waals surface area contributed by atoms with Crippen molar-refractivity contribution in [1.82, 2.24) is 9.97 Å². The van der Waals surface area contributed by atoms with E-state index >= 15 is 0 Å². The quantitative estimate of drug-likeness (QED) is 0.109. The molecule has 0 spiro atoms.